The number of nitrogens with zero attached hydrogens (tertiary/aromatic N) is 1. The van der Waals surface area contributed by atoms with E-state index in [1.165, 1.54) is 30.0 Å². The zero-order chi connectivity index (χ0) is 22.2. The first-order valence-electron chi connectivity index (χ1n) is 9.28. The van der Waals surface area contributed by atoms with Gasteiger partial charge in [0.2, 0.25) is 0 Å². The lowest BCUT2D eigenvalue weighted by molar-refractivity contribution is -0.136. The van der Waals surface area contributed by atoms with Gasteiger partial charge in [-0.15, -0.1) is 0 Å². The summed E-state index contributed by atoms with van der Waals surface area (Å²) in [4.78, 5) is 23.9. The van der Waals surface area contributed by atoms with Crippen molar-refractivity contribution in [2.24, 2.45) is 5.10 Å². The summed E-state index contributed by atoms with van der Waals surface area (Å²) in [6.45, 7) is 2.47. The van der Waals surface area contributed by atoms with Crippen molar-refractivity contribution in [3.63, 3.8) is 0 Å². The molecule has 0 aliphatic carbocycles. The highest BCUT2D eigenvalue weighted by atomic mass is 35.5. The second kappa shape index (κ2) is 10.6. The molecule has 0 unspecified atom stereocenters. The number of anilines is 1. The summed E-state index contributed by atoms with van der Waals surface area (Å²) in [7, 11) is 0. The Morgan fingerprint density at radius 2 is 1.68 bits per heavy atom. The lowest BCUT2D eigenvalue weighted by atomic mass is 10.2. The molecule has 6 nitrogen and oxygen atoms in total. The zero-order valence-electron chi connectivity index (χ0n) is 16.6. The van der Waals surface area contributed by atoms with Crippen LogP contribution in [0.1, 0.15) is 16.7 Å². The van der Waals surface area contributed by atoms with Crippen LogP contribution < -0.4 is 15.5 Å². The predicted octanol–water partition coefficient (Wildman–Crippen LogP) is 4.97. The molecule has 2 N–H and O–H groups in total. The molecule has 0 atom stereocenters. The summed E-state index contributed by atoms with van der Waals surface area (Å²) in [6, 6.07) is 19.8. The minimum atomic E-state index is -0.931. The van der Waals surface area contributed by atoms with E-state index in [1.807, 2.05) is 43.3 Å². The number of hydrazone groups is 1. The van der Waals surface area contributed by atoms with Crippen LogP contribution in [-0.2, 0) is 16.2 Å². The van der Waals surface area contributed by atoms with Crippen molar-refractivity contribution in [1.82, 2.24) is 5.43 Å². The van der Waals surface area contributed by atoms with Gasteiger partial charge >= 0.3 is 11.8 Å². The Morgan fingerprint density at radius 3 is 2.39 bits per heavy atom. The Morgan fingerprint density at radius 1 is 0.968 bits per heavy atom. The zero-order valence-corrected chi connectivity index (χ0v) is 18.1. The molecule has 0 saturated carbocycles. The van der Waals surface area contributed by atoms with Crippen molar-refractivity contribution in [3.8, 4) is 5.75 Å². The van der Waals surface area contributed by atoms with E-state index in [-0.39, 0.29) is 0 Å². The van der Waals surface area contributed by atoms with Crippen LogP contribution >= 0.6 is 23.2 Å². The molecule has 0 aliphatic heterocycles. The van der Waals surface area contributed by atoms with Crippen LogP contribution in [0, 0.1) is 6.92 Å². The standard InChI is InChI=1S/C23H19Cl2N3O3/c1-15-5-7-16(8-6-15)14-31-21-4-2-3-17(9-21)13-26-28-23(30)22(29)27-20-11-18(24)10-19(25)12-20/h2-13H,14H2,1H3,(H,27,29)(H,28,30)/b26-13+. The molecule has 0 saturated heterocycles. The molecule has 2 amide bonds. The first kappa shape index (κ1) is 22.3. The number of amides is 2. The maximum absolute atomic E-state index is 12.0. The van der Waals surface area contributed by atoms with E-state index in [1.54, 1.807) is 12.1 Å². The summed E-state index contributed by atoms with van der Waals surface area (Å²) in [6.07, 6.45) is 1.42. The number of ether oxygens (including phenoxy) is 1. The molecular formula is C23H19Cl2N3O3. The summed E-state index contributed by atoms with van der Waals surface area (Å²) >= 11 is 11.7. The lowest BCUT2D eigenvalue weighted by Crippen LogP contribution is -2.32. The molecule has 0 aromatic heterocycles. The lowest BCUT2D eigenvalue weighted by Gasteiger charge is -2.07. The van der Waals surface area contributed by atoms with Gasteiger partial charge in [-0.25, -0.2) is 5.43 Å². The third kappa shape index (κ3) is 7.13. The summed E-state index contributed by atoms with van der Waals surface area (Å²) in [5.74, 6) is -1.17. The molecule has 0 aliphatic rings. The maximum atomic E-state index is 12.0. The Kier molecular flexibility index (Phi) is 7.65. The number of benzene rings is 3. The minimum absolute atomic E-state index is 0.306. The van der Waals surface area contributed by atoms with Gasteiger partial charge < -0.3 is 10.1 Å². The minimum Gasteiger partial charge on any atom is -0.489 e. The van der Waals surface area contributed by atoms with E-state index in [9.17, 15) is 9.59 Å². The maximum Gasteiger partial charge on any atom is 0.329 e. The highest BCUT2D eigenvalue weighted by molar-refractivity contribution is 6.40. The van der Waals surface area contributed by atoms with Gasteiger partial charge in [0.1, 0.15) is 12.4 Å². The van der Waals surface area contributed by atoms with Crippen LogP contribution in [0.15, 0.2) is 71.8 Å². The predicted molar refractivity (Wildman–Crippen MR) is 123 cm³/mol. The molecule has 3 aromatic rings. The number of carbonyl (C=O) groups is 2. The van der Waals surface area contributed by atoms with Crippen molar-refractivity contribution < 1.29 is 14.3 Å². The van der Waals surface area contributed by atoms with Gasteiger partial charge in [0.25, 0.3) is 0 Å². The Labute approximate surface area is 189 Å². The topological polar surface area (TPSA) is 79.8 Å². The number of halogens is 2. The van der Waals surface area contributed by atoms with Crippen molar-refractivity contribution >= 4 is 46.9 Å². The number of nitrogens with one attached hydrogen (secondary N) is 2. The van der Waals surface area contributed by atoms with Crippen LogP contribution in [0.3, 0.4) is 0 Å². The molecule has 31 heavy (non-hydrogen) atoms. The molecule has 0 radical (unpaired) electrons. The van der Waals surface area contributed by atoms with Crippen LogP contribution in [0.2, 0.25) is 10.0 Å². The average molecular weight is 456 g/mol. The molecule has 0 bridgehead atoms. The first-order valence-corrected chi connectivity index (χ1v) is 10.0. The third-order valence-electron chi connectivity index (χ3n) is 4.09. The molecule has 0 heterocycles. The van der Waals surface area contributed by atoms with E-state index in [4.69, 9.17) is 27.9 Å². The highest BCUT2D eigenvalue weighted by Gasteiger charge is 2.13. The van der Waals surface area contributed by atoms with Gasteiger partial charge in [-0.1, -0.05) is 65.2 Å². The fourth-order valence-corrected chi connectivity index (χ4v) is 3.09. The normalized spacial score (nSPS) is 10.7. The third-order valence-corrected chi connectivity index (χ3v) is 4.53. The number of hydrogen-bond donors (Lipinski definition) is 2. The largest absolute Gasteiger partial charge is 0.489 e. The van der Waals surface area contributed by atoms with Crippen molar-refractivity contribution in [2.45, 2.75) is 13.5 Å². The molecule has 8 heteroatoms. The molecule has 0 fully saturated rings. The van der Waals surface area contributed by atoms with Crippen LogP contribution in [0.5, 0.6) is 5.75 Å². The Balaban J connectivity index is 1.52. The highest BCUT2D eigenvalue weighted by Crippen LogP contribution is 2.22. The van der Waals surface area contributed by atoms with Crippen molar-refractivity contribution in [1.29, 1.82) is 0 Å². The van der Waals surface area contributed by atoms with E-state index in [2.05, 4.69) is 15.8 Å². The Bertz CT molecular complexity index is 1100. The quantitative estimate of drug-likeness (QED) is 0.312. The Hall–Kier alpha value is -3.35. The van der Waals surface area contributed by atoms with Gasteiger partial charge in [0, 0.05) is 15.7 Å². The molecule has 3 rings (SSSR count). The second-order valence-electron chi connectivity index (χ2n) is 6.66. The van der Waals surface area contributed by atoms with Gasteiger partial charge in [0.15, 0.2) is 0 Å². The molecule has 158 valence electrons. The van der Waals surface area contributed by atoms with Gasteiger partial charge in [-0.2, -0.15) is 5.10 Å². The van der Waals surface area contributed by atoms with E-state index in [0.29, 0.717) is 33.7 Å². The van der Waals surface area contributed by atoms with E-state index in [0.717, 1.165) is 5.56 Å². The molecule has 3 aromatic carbocycles. The van der Waals surface area contributed by atoms with Crippen LogP contribution in [0.4, 0.5) is 5.69 Å². The number of carbonyl (C=O) groups excluding carboxylic acids is 2. The summed E-state index contributed by atoms with van der Waals surface area (Å²) < 4.78 is 5.79. The van der Waals surface area contributed by atoms with Crippen LogP contribution in [-0.4, -0.2) is 18.0 Å². The number of hydrogen-bond acceptors (Lipinski definition) is 4. The second-order valence-corrected chi connectivity index (χ2v) is 7.53. The van der Waals surface area contributed by atoms with E-state index < -0.39 is 11.8 Å². The van der Waals surface area contributed by atoms with Crippen molar-refractivity contribution in [3.05, 3.63) is 93.5 Å². The molecular weight excluding hydrogens is 437 g/mol. The van der Waals surface area contributed by atoms with Gasteiger partial charge in [-0.05, 0) is 48.4 Å². The van der Waals surface area contributed by atoms with Crippen LogP contribution in [0.25, 0.3) is 0 Å². The molecule has 0 spiro atoms. The summed E-state index contributed by atoms with van der Waals surface area (Å²) in [5.41, 5.74) is 5.43. The first-order chi connectivity index (χ1) is 14.9. The fraction of sp³-hybridized carbons (Fsp3) is 0.0870. The van der Waals surface area contributed by atoms with Gasteiger partial charge in [-0.3, -0.25) is 9.59 Å². The van der Waals surface area contributed by atoms with E-state index >= 15 is 0 Å². The SMILES string of the molecule is Cc1ccc(COc2cccc(/C=N/NC(=O)C(=O)Nc3cc(Cl)cc(Cl)c3)c2)cc1. The fourth-order valence-electron chi connectivity index (χ4n) is 2.57. The van der Waals surface area contributed by atoms with Gasteiger partial charge in [0.05, 0.1) is 6.21 Å². The smallest absolute Gasteiger partial charge is 0.329 e. The average Bonchev–Trinajstić information content (AvgIpc) is 2.73. The monoisotopic (exact) mass is 455 g/mol. The number of rotatable bonds is 6. The number of aryl methyl sites for hydroxylation is 1. The van der Waals surface area contributed by atoms with Crippen molar-refractivity contribution in [2.75, 3.05) is 5.32 Å². The summed E-state index contributed by atoms with van der Waals surface area (Å²) in [5, 5.41) is 6.90.